The first-order valence-electron chi connectivity index (χ1n) is 11.1. The van der Waals surface area contributed by atoms with Gasteiger partial charge < -0.3 is 10.1 Å². The summed E-state index contributed by atoms with van der Waals surface area (Å²) in [5, 5.41) is 3.88. The molecule has 0 spiro atoms. The van der Waals surface area contributed by atoms with Gasteiger partial charge in [-0.05, 0) is 59.0 Å². The normalized spacial score (nSPS) is 11.6. The molecule has 0 saturated carbocycles. The lowest BCUT2D eigenvalue weighted by atomic mass is 9.94. The highest BCUT2D eigenvalue weighted by Gasteiger charge is 2.19. The summed E-state index contributed by atoms with van der Waals surface area (Å²) in [5.74, 6) is 0.709. The second-order valence-electron chi connectivity index (χ2n) is 8.08. The smallest absolute Gasteiger partial charge is 0.225 e. The molecule has 0 bridgehead atoms. The van der Waals surface area contributed by atoms with Crippen molar-refractivity contribution in [2.75, 3.05) is 6.61 Å². The molecule has 6 heteroatoms. The Balaban J connectivity index is 1.38. The lowest BCUT2D eigenvalue weighted by molar-refractivity contribution is -0.120. The zero-order valence-corrected chi connectivity index (χ0v) is 19.7. The third-order valence-electron chi connectivity index (χ3n) is 5.54. The van der Waals surface area contributed by atoms with Gasteiger partial charge in [-0.1, -0.05) is 60.1 Å². The number of aryl methyl sites for hydroxylation is 1. The van der Waals surface area contributed by atoms with Crippen molar-refractivity contribution >= 4 is 17.5 Å². The van der Waals surface area contributed by atoms with Crippen LogP contribution in [0.3, 0.4) is 0 Å². The Kier molecular flexibility index (Phi) is 7.89. The molecule has 4 aromatic rings. The van der Waals surface area contributed by atoms with Gasteiger partial charge in [-0.2, -0.15) is 0 Å². The largest absolute Gasteiger partial charge is 0.493 e. The SMILES string of the molecule is Cc1cc(Cl)ccc1C(NC(=O)Cc1ccc(OCCc2cncnc2)cc1)c1ccccc1. The van der Waals surface area contributed by atoms with E-state index in [1.807, 2.05) is 79.7 Å². The van der Waals surface area contributed by atoms with E-state index in [4.69, 9.17) is 16.3 Å². The fourth-order valence-corrected chi connectivity index (χ4v) is 4.02. The van der Waals surface area contributed by atoms with Crippen LogP contribution in [0.4, 0.5) is 0 Å². The van der Waals surface area contributed by atoms with Gasteiger partial charge in [-0.3, -0.25) is 4.79 Å². The van der Waals surface area contributed by atoms with Crippen LogP contribution in [0.25, 0.3) is 0 Å². The number of carbonyl (C=O) groups excluding carboxylic acids is 1. The van der Waals surface area contributed by atoms with Gasteiger partial charge in [0.2, 0.25) is 5.91 Å². The number of hydrogen-bond donors (Lipinski definition) is 1. The van der Waals surface area contributed by atoms with E-state index in [2.05, 4.69) is 15.3 Å². The standard InChI is InChI=1S/C28H26ClN3O2/c1-20-15-24(29)9-12-26(20)28(23-5-3-2-4-6-23)32-27(33)16-21-7-10-25(11-8-21)34-14-13-22-17-30-19-31-18-22/h2-12,15,17-19,28H,13-14,16H2,1H3,(H,32,33). The Labute approximate surface area is 204 Å². The summed E-state index contributed by atoms with van der Waals surface area (Å²) in [6.45, 7) is 2.54. The second-order valence-corrected chi connectivity index (χ2v) is 8.51. The highest BCUT2D eigenvalue weighted by atomic mass is 35.5. The maximum atomic E-state index is 13.0. The quantitative estimate of drug-likeness (QED) is 0.349. The molecule has 5 nitrogen and oxygen atoms in total. The summed E-state index contributed by atoms with van der Waals surface area (Å²) < 4.78 is 5.81. The first-order chi connectivity index (χ1) is 16.6. The molecule has 1 heterocycles. The van der Waals surface area contributed by atoms with E-state index >= 15 is 0 Å². The van der Waals surface area contributed by atoms with Crippen LogP contribution in [-0.2, 0) is 17.6 Å². The number of halogens is 1. The summed E-state index contributed by atoms with van der Waals surface area (Å²) in [6, 6.07) is 23.1. The van der Waals surface area contributed by atoms with Gasteiger partial charge in [0.1, 0.15) is 12.1 Å². The number of carbonyl (C=O) groups is 1. The van der Waals surface area contributed by atoms with E-state index in [0.717, 1.165) is 40.0 Å². The number of amides is 1. The van der Waals surface area contributed by atoms with Crippen LogP contribution in [0, 0.1) is 6.92 Å². The summed E-state index contributed by atoms with van der Waals surface area (Å²) >= 11 is 6.15. The number of rotatable bonds is 9. The molecule has 172 valence electrons. The maximum Gasteiger partial charge on any atom is 0.225 e. The highest BCUT2D eigenvalue weighted by Crippen LogP contribution is 2.27. The molecular formula is C28H26ClN3O2. The minimum absolute atomic E-state index is 0.0547. The molecule has 0 radical (unpaired) electrons. The third kappa shape index (κ3) is 6.42. The second kappa shape index (κ2) is 11.4. The lowest BCUT2D eigenvalue weighted by Gasteiger charge is -2.22. The van der Waals surface area contributed by atoms with Gasteiger partial charge in [-0.15, -0.1) is 0 Å². The Hall–Kier alpha value is -3.70. The Morgan fingerprint density at radius 3 is 2.41 bits per heavy atom. The van der Waals surface area contributed by atoms with E-state index in [1.165, 1.54) is 6.33 Å². The molecule has 0 aliphatic rings. The van der Waals surface area contributed by atoms with Crippen molar-refractivity contribution in [3.8, 4) is 5.75 Å². The summed E-state index contributed by atoms with van der Waals surface area (Å²) in [6.07, 6.45) is 6.09. The molecule has 1 atom stereocenters. The van der Waals surface area contributed by atoms with Gasteiger partial charge in [0.15, 0.2) is 0 Å². The summed E-state index contributed by atoms with van der Waals surface area (Å²) in [7, 11) is 0. The van der Waals surface area contributed by atoms with Crippen LogP contribution < -0.4 is 10.1 Å². The molecule has 4 rings (SSSR count). The maximum absolute atomic E-state index is 13.0. The molecule has 1 unspecified atom stereocenters. The van der Waals surface area contributed by atoms with Crippen LogP contribution in [-0.4, -0.2) is 22.5 Å². The average Bonchev–Trinajstić information content (AvgIpc) is 2.85. The van der Waals surface area contributed by atoms with Crippen molar-refractivity contribution in [3.05, 3.63) is 124 Å². The number of aromatic nitrogens is 2. The first-order valence-corrected chi connectivity index (χ1v) is 11.5. The number of nitrogens with zero attached hydrogens (tertiary/aromatic N) is 2. The van der Waals surface area contributed by atoms with Crippen molar-refractivity contribution in [3.63, 3.8) is 0 Å². The molecule has 1 N–H and O–H groups in total. The van der Waals surface area contributed by atoms with Crippen molar-refractivity contribution in [1.82, 2.24) is 15.3 Å². The zero-order valence-electron chi connectivity index (χ0n) is 18.9. The fourth-order valence-electron chi connectivity index (χ4n) is 3.80. The molecule has 3 aromatic carbocycles. The number of hydrogen-bond acceptors (Lipinski definition) is 4. The predicted octanol–water partition coefficient (Wildman–Crippen LogP) is 5.51. The minimum Gasteiger partial charge on any atom is -0.493 e. The molecule has 0 fully saturated rings. The van der Waals surface area contributed by atoms with E-state index in [-0.39, 0.29) is 18.4 Å². The van der Waals surface area contributed by atoms with Gasteiger partial charge in [0, 0.05) is 23.8 Å². The Morgan fingerprint density at radius 2 is 1.71 bits per heavy atom. The van der Waals surface area contributed by atoms with Gasteiger partial charge in [0.05, 0.1) is 19.1 Å². The minimum atomic E-state index is -0.254. The molecular weight excluding hydrogens is 446 g/mol. The van der Waals surface area contributed by atoms with Crippen molar-refractivity contribution < 1.29 is 9.53 Å². The van der Waals surface area contributed by atoms with Crippen molar-refractivity contribution in [2.24, 2.45) is 0 Å². The highest BCUT2D eigenvalue weighted by molar-refractivity contribution is 6.30. The van der Waals surface area contributed by atoms with Crippen LogP contribution in [0.1, 0.15) is 33.9 Å². The van der Waals surface area contributed by atoms with Crippen molar-refractivity contribution in [2.45, 2.75) is 25.8 Å². The topological polar surface area (TPSA) is 64.1 Å². The summed E-state index contributed by atoms with van der Waals surface area (Å²) in [5.41, 5.74) is 5.02. The Bertz CT molecular complexity index is 1220. The summed E-state index contributed by atoms with van der Waals surface area (Å²) in [4.78, 5) is 21.0. The molecule has 34 heavy (non-hydrogen) atoms. The third-order valence-corrected chi connectivity index (χ3v) is 5.78. The van der Waals surface area contributed by atoms with Gasteiger partial charge in [-0.25, -0.2) is 9.97 Å². The van der Waals surface area contributed by atoms with Crippen LogP contribution in [0.5, 0.6) is 5.75 Å². The first kappa shape index (κ1) is 23.5. The van der Waals surface area contributed by atoms with Crippen molar-refractivity contribution in [1.29, 1.82) is 0 Å². The average molecular weight is 472 g/mol. The fraction of sp³-hybridized carbons (Fsp3) is 0.179. The lowest BCUT2D eigenvalue weighted by Crippen LogP contribution is -2.31. The number of ether oxygens (including phenoxy) is 1. The molecule has 0 aliphatic carbocycles. The zero-order chi connectivity index (χ0) is 23.8. The van der Waals surface area contributed by atoms with Gasteiger partial charge in [0.25, 0.3) is 0 Å². The predicted molar refractivity (Wildman–Crippen MR) is 134 cm³/mol. The van der Waals surface area contributed by atoms with Crippen LogP contribution >= 0.6 is 11.6 Å². The van der Waals surface area contributed by atoms with E-state index in [9.17, 15) is 4.79 Å². The molecule has 0 aliphatic heterocycles. The van der Waals surface area contributed by atoms with E-state index < -0.39 is 0 Å². The number of benzene rings is 3. The van der Waals surface area contributed by atoms with E-state index in [1.54, 1.807) is 12.4 Å². The van der Waals surface area contributed by atoms with Gasteiger partial charge >= 0.3 is 0 Å². The van der Waals surface area contributed by atoms with E-state index in [0.29, 0.717) is 11.6 Å². The molecule has 0 saturated heterocycles. The monoisotopic (exact) mass is 471 g/mol. The molecule has 1 amide bonds. The Morgan fingerprint density at radius 1 is 0.971 bits per heavy atom. The number of nitrogens with one attached hydrogen (secondary N) is 1. The van der Waals surface area contributed by atoms with Crippen LogP contribution in [0.2, 0.25) is 5.02 Å². The molecule has 1 aromatic heterocycles. The van der Waals surface area contributed by atoms with Crippen LogP contribution in [0.15, 0.2) is 91.5 Å².